The van der Waals surface area contributed by atoms with Gasteiger partial charge >= 0.3 is 0 Å². The molecule has 106 valence electrons. The first-order chi connectivity index (χ1) is 9.60. The molecule has 0 saturated heterocycles. The Hall–Kier alpha value is -1.51. The molecule has 1 N–H and O–H groups in total. The lowest BCUT2D eigenvalue weighted by atomic mass is 10.1. The predicted octanol–water partition coefficient (Wildman–Crippen LogP) is 4.53. The monoisotopic (exact) mass is 290 g/mol. The SMILES string of the molecule is CCc1ccc(COc2ccc(C(C)O)cc2Cl)cc1. The molecular formula is C17H19ClO2. The average Bonchev–Trinajstić information content (AvgIpc) is 2.46. The van der Waals surface area contributed by atoms with Crippen molar-refractivity contribution in [1.82, 2.24) is 0 Å². The van der Waals surface area contributed by atoms with E-state index in [0.717, 1.165) is 17.5 Å². The van der Waals surface area contributed by atoms with Crippen LogP contribution >= 0.6 is 11.6 Å². The molecule has 0 radical (unpaired) electrons. The molecule has 2 aromatic rings. The third-order valence-electron chi connectivity index (χ3n) is 3.26. The van der Waals surface area contributed by atoms with E-state index in [9.17, 15) is 5.11 Å². The van der Waals surface area contributed by atoms with E-state index in [0.29, 0.717) is 17.4 Å². The molecule has 0 aliphatic heterocycles. The first-order valence-corrected chi connectivity index (χ1v) is 7.16. The van der Waals surface area contributed by atoms with Gasteiger partial charge in [0.05, 0.1) is 11.1 Å². The van der Waals surface area contributed by atoms with Crippen molar-refractivity contribution >= 4 is 11.6 Å². The van der Waals surface area contributed by atoms with Crippen LogP contribution in [0, 0.1) is 0 Å². The van der Waals surface area contributed by atoms with Crippen molar-refractivity contribution in [1.29, 1.82) is 0 Å². The summed E-state index contributed by atoms with van der Waals surface area (Å²) >= 11 is 6.15. The maximum atomic E-state index is 9.50. The Bertz CT molecular complexity index is 562. The average molecular weight is 291 g/mol. The van der Waals surface area contributed by atoms with Gasteiger partial charge < -0.3 is 9.84 Å². The second-order valence-corrected chi connectivity index (χ2v) is 5.23. The summed E-state index contributed by atoms with van der Waals surface area (Å²) in [6.07, 6.45) is 0.511. The van der Waals surface area contributed by atoms with Crippen LogP contribution in [0.25, 0.3) is 0 Å². The van der Waals surface area contributed by atoms with Crippen LogP contribution in [-0.4, -0.2) is 5.11 Å². The summed E-state index contributed by atoms with van der Waals surface area (Å²) in [6, 6.07) is 13.7. The lowest BCUT2D eigenvalue weighted by molar-refractivity contribution is 0.199. The van der Waals surface area contributed by atoms with Crippen molar-refractivity contribution < 1.29 is 9.84 Å². The van der Waals surface area contributed by atoms with E-state index in [4.69, 9.17) is 16.3 Å². The van der Waals surface area contributed by atoms with Crippen LogP contribution in [0.5, 0.6) is 5.75 Å². The van der Waals surface area contributed by atoms with Crippen LogP contribution in [0.1, 0.15) is 36.6 Å². The number of rotatable bonds is 5. The number of halogens is 1. The summed E-state index contributed by atoms with van der Waals surface area (Å²) in [5.74, 6) is 0.635. The number of aryl methyl sites for hydroxylation is 1. The lowest BCUT2D eigenvalue weighted by Crippen LogP contribution is -1.97. The fraction of sp³-hybridized carbons (Fsp3) is 0.294. The Labute approximate surface area is 125 Å². The Balaban J connectivity index is 2.03. The maximum Gasteiger partial charge on any atom is 0.138 e. The van der Waals surface area contributed by atoms with Gasteiger partial charge in [-0.2, -0.15) is 0 Å². The van der Waals surface area contributed by atoms with Crippen molar-refractivity contribution in [3.63, 3.8) is 0 Å². The molecule has 2 rings (SSSR count). The molecule has 0 aromatic heterocycles. The third kappa shape index (κ3) is 3.75. The van der Waals surface area contributed by atoms with Crippen LogP contribution in [-0.2, 0) is 13.0 Å². The molecule has 3 heteroatoms. The second-order valence-electron chi connectivity index (χ2n) is 4.82. The Morgan fingerprint density at radius 3 is 2.30 bits per heavy atom. The molecule has 0 bridgehead atoms. The van der Waals surface area contributed by atoms with E-state index in [-0.39, 0.29) is 0 Å². The van der Waals surface area contributed by atoms with Gasteiger partial charge in [-0.05, 0) is 42.2 Å². The van der Waals surface area contributed by atoms with E-state index in [1.807, 2.05) is 6.07 Å². The first-order valence-electron chi connectivity index (χ1n) is 6.78. The Morgan fingerprint density at radius 1 is 1.10 bits per heavy atom. The minimum atomic E-state index is -0.525. The van der Waals surface area contributed by atoms with Crippen LogP contribution in [0.15, 0.2) is 42.5 Å². The van der Waals surface area contributed by atoms with Crippen LogP contribution in [0.3, 0.4) is 0 Å². The molecule has 1 unspecified atom stereocenters. The molecule has 20 heavy (non-hydrogen) atoms. The van der Waals surface area contributed by atoms with E-state index in [1.165, 1.54) is 5.56 Å². The molecule has 1 atom stereocenters. The quantitative estimate of drug-likeness (QED) is 0.876. The topological polar surface area (TPSA) is 29.5 Å². The number of aliphatic hydroxyl groups excluding tert-OH is 1. The van der Waals surface area contributed by atoms with Gasteiger partial charge in [0.2, 0.25) is 0 Å². The third-order valence-corrected chi connectivity index (χ3v) is 3.56. The zero-order valence-corrected chi connectivity index (χ0v) is 12.5. The van der Waals surface area contributed by atoms with Crippen molar-refractivity contribution in [3.05, 3.63) is 64.2 Å². The Kier molecular flexibility index (Phi) is 5.05. The molecule has 2 aromatic carbocycles. The number of hydrogen-bond acceptors (Lipinski definition) is 2. The summed E-state index contributed by atoms with van der Waals surface area (Å²) in [7, 11) is 0. The molecule has 0 heterocycles. The zero-order valence-electron chi connectivity index (χ0n) is 11.8. The van der Waals surface area contributed by atoms with E-state index in [1.54, 1.807) is 19.1 Å². The van der Waals surface area contributed by atoms with Gasteiger partial charge in [0, 0.05) is 0 Å². The highest BCUT2D eigenvalue weighted by atomic mass is 35.5. The van der Waals surface area contributed by atoms with Crippen molar-refractivity contribution in [3.8, 4) is 5.75 Å². The van der Waals surface area contributed by atoms with Crippen molar-refractivity contribution in [2.45, 2.75) is 33.0 Å². The molecule has 0 aliphatic rings. The normalized spacial score (nSPS) is 12.2. The molecule has 2 nitrogen and oxygen atoms in total. The van der Waals surface area contributed by atoms with Crippen molar-refractivity contribution in [2.24, 2.45) is 0 Å². The van der Waals surface area contributed by atoms with E-state index >= 15 is 0 Å². The first kappa shape index (κ1) is 14.9. The van der Waals surface area contributed by atoms with Gasteiger partial charge in [0.25, 0.3) is 0 Å². The highest BCUT2D eigenvalue weighted by Gasteiger charge is 2.06. The molecule has 0 saturated carbocycles. The molecule has 0 spiro atoms. The summed E-state index contributed by atoms with van der Waals surface area (Å²) in [6.45, 7) is 4.33. The van der Waals surface area contributed by atoms with Gasteiger partial charge in [0.15, 0.2) is 0 Å². The lowest BCUT2D eigenvalue weighted by Gasteiger charge is -2.11. The molecule has 0 fully saturated rings. The summed E-state index contributed by atoms with van der Waals surface area (Å²) in [5.41, 5.74) is 3.21. The maximum absolute atomic E-state index is 9.50. The fourth-order valence-corrected chi connectivity index (χ4v) is 2.17. The number of aliphatic hydroxyl groups is 1. The number of ether oxygens (including phenoxy) is 1. The highest BCUT2D eigenvalue weighted by molar-refractivity contribution is 6.32. The van der Waals surface area contributed by atoms with E-state index in [2.05, 4.69) is 31.2 Å². The van der Waals surface area contributed by atoms with Crippen LogP contribution < -0.4 is 4.74 Å². The largest absolute Gasteiger partial charge is 0.487 e. The van der Waals surface area contributed by atoms with E-state index < -0.39 is 6.10 Å². The smallest absolute Gasteiger partial charge is 0.138 e. The van der Waals surface area contributed by atoms with Crippen LogP contribution in [0.4, 0.5) is 0 Å². The van der Waals surface area contributed by atoms with Gasteiger partial charge in [-0.25, -0.2) is 0 Å². The molecule has 0 amide bonds. The van der Waals surface area contributed by atoms with Gasteiger partial charge in [-0.3, -0.25) is 0 Å². The standard InChI is InChI=1S/C17H19ClO2/c1-3-13-4-6-14(7-5-13)11-20-17-9-8-15(12(2)19)10-16(17)18/h4-10,12,19H,3,11H2,1-2H3. The summed E-state index contributed by atoms with van der Waals surface area (Å²) in [4.78, 5) is 0. The van der Waals surface area contributed by atoms with Crippen LogP contribution in [0.2, 0.25) is 5.02 Å². The Morgan fingerprint density at radius 2 is 1.75 bits per heavy atom. The number of hydrogen-bond donors (Lipinski definition) is 1. The van der Waals surface area contributed by atoms with Gasteiger partial charge in [-0.1, -0.05) is 48.9 Å². The zero-order chi connectivity index (χ0) is 14.5. The van der Waals surface area contributed by atoms with Gasteiger partial charge in [0.1, 0.15) is 12.4 Å². The molecule has 0 aliphatic carbocycles. The predicted molar refractivity (Wildman–Crippen MR) is 82.2 cm³/mol. The second kappa shape index (κ2) is 6.78. The summed E-state index contributed by atoms with van der Waals surface area (Å²) in [5, 5.41) is 10.0. The fourth-order valence-electron chi connectivity index (χ4n) is 1.93. The van der Waals surface area contributed by atoms with Crippen molar-refractivity contribution in [2.75, 3.05) is 0 Å². The highest BCUT2D eigenvalue weighted by Crippen LogP contribution is 2.28. The van der Waals surface area contributed by atoms with Gasteiger partial charge in [-0.15, -0.1) is 0 Å². The number of benzene rings is 2. The summed E-state index contributed by atoms with van der Waals surface area (Å²) < 4.78 is 5.72. The molecular weight excluding hydrogens is 272 g/mol. The minimum Gasteiger partial charge on any atom is -0.487 e. The minimum absolute atomic E-state index is 0.484.